The molecular formula is C30H29F8N7O3. The number of halogens is 8. The molecule has 0 saturated heterocycles. The van der Waals surface area contributed by atoms with E-state index in [1.54, 1.807) is 0 Å². The molecule has 258 valence electrons. The van der Waals surface area contributed by atoms with Gasteiger partial charge in [-0.3, -0.25) is 14.2 Å². The van der Waals surface area contributed by atoms with Crippen molar-refractivity contribution in [2.24, 2.45) is 18.4 Å². The van der Waals surface area contributed by atoms with Crippen molar-refractivity contribution in [1.82, 2.24) is 25.2 Å². The van der Waals surface area contributed by atoms with Crippen LogP contribution < -0.4 is 20.7 Å². The van der Waals surface area contributed by atoms with E-state index in [0.29, 0.717) is 12.8 Å². The highest BCUT2D eigenvalue weighted by Crippen LogP contribution is 2.45. The van der Waals surface area contributed by atoms with E-state index in [-0.39, 0.29) is 60.5 Å². The molecule has 48 heavy (non-hydrogen) atoms. The second-order valence-corrected chi connectivity index (χ2v) is 11.8. The zero-order valence-electron chi connectivity index (χ0n) is 25.2. The molecule has 0 radical (unpaired) electrons. The highest BCUT2D eigenvalue weighted by Gasteiger charge is 2.50. The van der Waals surface area contributed by atoms with Gasteiger partial charge in [-0.1, -0.05) is 6.07 Å². The van der Waals surface area contributed by atoms with Gasteiger partial charge in [0.2, 0.25) is 17.7 Å². The van der Waals surface area contributed by atoms with Crippen LogP contribution in [0.15, 0.2) is 24.3 Å². The largest absolute Gasteiger partial charge is 0.471 e. The Balaban J connectivity index is 1.42. The Morgan fingerprint density at radius 2 is 1.77 bits per heavy atom. The maximum Gasteiger partial charge on any atom is 0.418 e. The number of rotatable bonds is 10. The molecule has 2 aliphatic carbocycles. The molecule has 0 atom stereocenters. The minimum atomic E-state index is -4.81. The summed E-state index contributed by atoms with van der Waals surface area (Å²) in [5.41, 5.74) is -2.80. The van der Waals surface area contributed by atoms with E-state index in [4.69, 9.17) is 4.74 Å². The average Bonchev–Trinajstić information content (AvgIpc) is 3.77. The number of hydrogen-bond acceptors (Lipinski definition) is 7. The zero-order chi connectivity index (χ0) is 35.0. The molecule has 2 aliphatic rings. The van der Waals surface area contributed by atoms with Gasteiger partial charge in [0.25, 0.3) is 12.3 Å². The lowest BCUT2D eigenvalue weighted by Crippen LogP contribution is -2.40. The van der Waals surface area contributed by atoms with Crippen LogP contribution in [0.4, 0.5) is 46.8 Å². The molecule has 0 unspecified atom stereocenters. The number of imidazole rings is 1. The van der Waals surface area contributed by atoms with Gasteiger partial charge in [0, 0.05) is 19.6 Å². The van der Waals surface area contributed by atoms with Gasteiger partial charge in [0.15, 0.2) is 12.3 Å². The fraction of sp³-hybridized carbons (Fsp3) is 0.500. The van der Waals surface area contributed by atoms with E-state index in [1.807, 2.05) is 6.07 Å². The normalized spacial score (nSPS) is 19.1. The fourth-order valence-electron chi connectivity index (χ4n) is 5.49. The quantitative estimate of drug-likeness (QED) is 0.218. The molecule has 3 N–H and O–H groups in total. The van der Waals surface area contributed by atoms with Crippen LogP contribution in [0.3, 0.4) is 0 Å². The van der Waals surface area contributed by atoms with Crippen molar-refractivity contribution in [3.8, 4) is 11.9 Å². The number of carbonyl (C=O) groups is 2. The molecule has 2 fully saturated rings. The van der Waals surface area contributed by atoms with Crippen LogP contribution in [0, 0.1) is 22.7 Å². The molecule has 1 aromatic carbocycles. The van der Waals surface area contributed by atoms with E-state index in [1.165, 1.54) is 17.7 Å². The highest BCUT2D eigenvalue weighted by molar-refractivity contribution is 5.99. The van der Waals surface area contributed by atoms with Crippen LogP contribution in [0.2, 0.25) is 0 Å². The summed E-state index contributed by atoms with van der Waals surface area (Å²) in [6.45, 7) is -1.31. The number of nitriles is 1. The van der Waals surface area contributed by atoms with Crippen molar-refractivity contribution in [2.75, 3.05) is 11.9 Å². The summed E-state index contributed by atoms with van der Waals surface area (Å²) in [6.07, 6.45) is -11.7. The van der Waals surface area contributed by atoms with Crippen molar-refractivity contribution in [2.45, 2.75) is 69.9 Å². The van der Waals surface area contributed by atoms with Gasteiger partial charge in [-0.25, -0.2) is 13.8 Å². The number of nitrogens with zero attached hydrogens (tertiary/aromatic N) is 4. The van der Waals surface area contributed by atoms with Gasteiger partial charge in [-0.05, 0) is 62.3 Å². The standard InChI is InChI=1S/C30H29F8N7O3/c1-45-23-21(11-18(25(44-23)48-13-22(31)32)24(46)41-17-5-3-16(4-6-17)29(33,34)35)43-27(45)42-20-10-15(2-7-19(20)30(36,37)38)12-40-26(47)28(14-39)8-9-28/h2,7,10-11,16-17,22H,3-6,8-9,12-13H2,1H3,(H,40,47)(H,41,46)(H,42,43). The highest BCUT2D eigenvalue weighted by atomic mass is 19.4. The molecular weight excluding hydrogens is 658 g/mol. The van der Waals surface area contributed by atoms with E-state index >= 15 is 0 Å². The number of anilines is 2. The second kappa shape index (κ2) is 13.1. The number of alkyl halides is 8. The number of pyridine rings is 1. The number of nitrogens with one attached hydrogen (secondary N) is 3. The molecule has 2 amide bonds. The Hall–Kier alpha value is -4.69. The molecule has 0 bridgehead atoms. The number of aromatic nitrogens is 3. The molecule has 18 heteroatoms. The Morgan fingerprint density at radius 3 is 2.35 bits per heavy atom. The minimum Gasteiger partial charge on any atom is -0.471 e. The van der Waals surface area contributed by atoms with Gasteiger partial charge >= 0.3 is 12.4 Å². The van der Waals surface area contributed by atoms with Crippen molar-refractivity contribution >= 4 is 34.6 Å². The molecule has 5 rings (SSSR count). The second-order valence-electron chi connectivity index (χ2n) is 11.8. The number of fused-ring (bicyclic) bond motifs is 1. The van der Waals surface area contributed by atoms with Crippen LogP contribution in [-0.2, 0) is 24.6 Å². The third-order valence-corrected chi connectivity index (χ3v) is 8.41. The predicted molar refractivity (Wildman–Crippen MR) is 153 cm³/mol. The number of amides is 2. The van der Waals surface area contributed by atoms with Crippen LogP contribution in [0.1, 0.15) is 60.0 Å². The maximum absolute atomic E-state index is 14.0. The molecule has 0 spiro atoms. The van der Waals surface area contributed by atoms with E-state index in [0.717, 1.165) is 18.2 Å². The first-order valence-corrected chi connectivity index (χ1v) is 14.8. The van der Waals surface area contributed by atoms with Gasteiger partial charge in [-0.2, -0.15) is 36.6 Å². The number of benzene rings is 1. The summed E-state index contributed by atoms with van der Waals surface area (Å²) in [4.78, 5) is 34.0. The smallest absolute Gasteiger partial charge is 0.418 e. The molecule has 2 aromatic heterocycles. The topological polar surface area (TPSA) is 134 Å². The Morgan fingerprint density at radius 1 is 1.08 bits per heavy atom. The number of carbonyl (C=O) groups excluding carboxylic acids is 2. The summed E-state index contributed by atoms with van der Waals surface area (Å²) in [5.74, 6) is -3.60. The van der Waals surface area contributed by atoms with Crippen LogP contribution in [-0.4, -0.2) is 51.6 Å². The fourth-order valence-corrected chi connectivity index (χ4v) is 5.49. The maximum atomic E-state index is 14.0. The van der Waals surface area contributed by atoms with Crippen LogP contribution in [0.25, 0.3) is 11.2 Å². The first kappa shape index (κ1) is 34.6. The summed E-state index contributed by atoms with van der Waals surface area (Å²) in [7, 11) is 1.37. The lowest BCUT2D eigenvalue weighted by Gasteiger charge is -2.30. The van der Waals surface area contributed by atoms with Crippen LogP contribution in [0.5, 0.6) is 5.88 Å². The molecule has 2 heterocycles. The SMILES string of the molecule is Cn1c(Nc2cc(CNC(=O)C3(C#N)CC3)ccc2C(F)(F)F)nc2cc(C(=O)NC3CCC(C(F)(F)F)CC3)c(OCC(F)F)nc21. The van der Waals surface area contributed by atoms with Crippen molar-refractivity contribution < 1.29 is 49.4 Å². The van der Waals surface area contributed by atoms with Gasteiger partial charge in [0.05, 0.1) is 23.2 Å². The van der Waals surface area contributed by atoms with Gasteiger partial charge < -0.3 is 20.7 Å². The number of hydrogen-bond donors (Lipinski definition) is 3. The lowest BCUT2D eigenvalue weighted by atomic mass is 9.85. The summed E-state index contributed by atoms with van der Waals surface area (Å²) >= 11 is 0. The van der Waals surface area contributed by atoms with Gasteiger partial charge in [-0.15, -0.1) is 0 Å². The Kier molecular flexibility index (Phi) is 9.44. The first-order chi connectivity index (χ1) is 22.5. The van der Waals surface area contributed by atoms with Crippen molar-refractivity contribution in [3.05, 3.63) is 41.0 Å². The molecule has 10 nitrogen and oxygen atoms in total. The summed E-state index contributed by atoms with van der Waals surface area (Å²) < 4.78 is 113. The molecule has 3 aromatic rings. The van der Waals surface area contributed by atoms with E-state index < -0.39 is 71.7 Å². The predicted octanol–water partition coefficient (Wildman–Crippen LogP) is 6.15. The van der Waals surface area contributed by atoms with Crippen LogP contribution >= 0.6 is 0 Å². The Bertz CT molecular complexity index is 1740. The van der Waals surface area contributed by atoms with Crippen molar-refractivity contribution in [1.29, 1.82) is 5.26 Å². The van der Waals surface area contributed by atoms with Crippen molar-refractivity contribution in [3.63, 3.8) is 0 Å². The third-order valence-electron chi connectivity index (χ3n) is 8.41. The number of aryl methyl sites for hydroxylation is 1. The average molecular weight is 688 g/mol. The lowest BCUT2D eigenvalue weighted by molar-refractivity contribution is -0.182. The Labute approximate surface area is 267 Å². The minimum absolute atomic E-state index is 0.0277. The first-order valence-electron chi connectivity index (χ1n) is 14.8. The monoisotopic (exact) mass is 687 g/mol. The third kappa shape index (κ3) is 7.55. The van der Waals surface area contributed by atoms with Gasteiger partial charge in [0.1, 0.15) is 16.5 Å². The summed E-state index contributed by atoms with van der Waals surface area (Å²) in [6, 6.07) is 5.57. The zero-order valence-corrected chi connectivity index (χ0v) is 25.2. The summed E-state index contributed by atoms with van der Waals surface area (Å²) in [5, 5.41) is 17.0. The number of ether oxygens (including phenoxy) is 1. The van der Waals surface area contributed by atoms with E-state index in [9.17, 15) is 50.0 Å². The molecule has 0 aliphatic heterocycles. The molecule has 2 saturated carbocycles. The van der Waals surface area contributed by atoms with E-state index in [2.05, 4.69) is 25.9 Å².